The Kier molecular flexibility index (Phi) is 6.40. The summed E-state index contributed by atoms with van der Waals surface area (Å²) in [6.45, 7) is 4.11. The molecule has 1 amide bonds. The maximum Gasteiger partial charge on any atom is 0.308 e. The number of carbonyl (C=O) groups is 3. The van der Waals surface area contributed by atoms with E-state index < -0.39 is 23.7 Å². The first-order valence-electron chi connectivity index (χ1n) is 12.0. The highest BCUT2D eigenvalue weighted by atomic mass is 16.6. The Hall–Kier alpha value is -4.59. The van der Waals surface area contributed by atoms with Crippen LogP contribution in [-0.2, 0) is 20.8 Å². The van der Waals surface area contributed by atoms with Gasteiger partial charge in [0.2, 0.25) is 0 Å². The Labute approximate surface area is 213 Å². The molecule has 1 N–H and O–H groups in total. The summed E-state index contributed by atoms with van der Waals surface area (Å²) < 4.78 is 16.3. The van der Waals surface area contributed by atoms with Gasteiger partial charge in [-0.15, -0.1) is 0 Å². The van der Waals surface area contributed by atoms with E-state index in [1.807, 2.05) is 19.1 Å². The first kappa shape index (κ1) is 24.1. The van der Waals surface area contributed by atoms with E-state index in [0.29, 0.717) is 47.3 Å². The van der Waals surface area contributed by atoms with Crippen molar-refractivity contribution in [2.24, 2.45) is 0 Å². The van der Waals surface area contributed by atoms with Crippen LogP contribution in [0.5, 0.6) is 17.2 Å². The number of ketones is 1. The molecule has 8 heteroatoms. The van der Waals surface area contributed by atoms with E-state index in [2.05, 4.69) is 0 Å². The molecular formula is C29H25NO7. The van der Waals surface area contributed by atoms with Crippen molar-refractivity contribution in [1.82, 2.24) is 0 Å². The summed E-state index contributed by atoms with van der Waals surface area (Å²) in [5, 5.41) is 11.4. The number of fused-ring (bicyclic) bond motifs is 1. The molecule has 2 aliphatic rings. The summed E-state index contributed by atoms with van der Waals surface area (Å²) >= 11 is 0. The van der Waals surface area contributed by atoms with Crippen LogP contribution in [0.4, 0.5) is 5.69 Å². The summed E-state index contributed by atoms with van der Waals surface area (Å²) in [7, 11) is 0. The fourth-order valence-electron chi connectivity index (χ4n) is 4.54. The van der Waals surface area contributed by atoms with Gasteiger partial charge in [0.25, 0.3) is 11.7 Å². The SMILES string of the molecule is CCc1ccc(N2C(=O)C(=O)/C(=C(\O)c3ccc4c(c3)OCCO4)C2c2ccc(OC(C)=O)cc2)cc1. The Balaban J connectivity index is 1.64. The summed E-state index contributed by atoms with van der Waals surface area (Å²) in [5.74, 6) is -1.03. The number of rotatable bonds is 5. The normalized spacial score (nSPS) is 18.1. The lowest BCUT2D eigenvalue weighted by molar-refractivity contribution is -0.132. The van der Waals surface area contributed by atoms with Gasteiger partial charge in [0.1, 0.15) is 24.7 Å². The van der Waals surface area contributed by atoms with Crippen molar-refractivity contribution in [3.8, 4) is 17.2 Å². The number of ether oxygens (including phenoxy) is 3. The molecule has 2 heterocycles. The second kappa shape index (κ2) is 9.81. The predicted molar refractivity (Wildman–Crippen MR) is 136 cm³/mol. The number of aryl methyl sites for hydroxylation is 1. The average molecular weight is 500 g/mol. The molecule has 0 saturated carbocycles. The maximum absolute atomic E-state index is 13.4. The number of hydrogen-bond donors (Lipinski definition) is 1. The Morgan fingerprint density at radius 3 is 2.30 bits per heavy atom. The number of benzene rings is 3. The van der Waals surface area contributed by atoms with Crippen molar-refractivity contribution in [3.63, 3.8) is 0 Å². The lowest BCUT2D eigenvalue weighted by atomic mass is 9.95. The average Bonchev–Trinajstić information content (AvgIpc) is 3.18. The second-order valence-corrected chi connectivity index (χ2v) is 8.71. The number of carbonyl (C=O) groups excluding carboxylic acids is 3. The van der Waals surface area contributed by atoms with Crippen molar-refractivity contribution < 1.29 is 33.7 Å². The molecule has 1 atom stereocenters. The second-order valence-electron chi connectivity index (χ2n) is 8.71. The third kappa shape index (κ3) is 4.53. The largest absolute Gasteiger partial charge is 0.507 e. The number of anilines is 1. The maximum atomic E-state index is 13.4. The summed E-state index contributed by atoms with van der Waals surface area (Å²) in [5.41, 5.74) is 2.44. The Morgan fingerprint density at radius 1 is 0.973 bits per heavy atom. The van der Waals surface area contributed by atoms with E-state index in [1.54, 1.807) is 54.6 Å². The molecule has 1 fully saturated rings. The molecule has 0 aliphatic carbocycles. The molecule has 5 rings (SSSR count). The molecule has 188 valence electrons. The van der Waals surface area contributed by atoms with Crippen LogP contribution in [0.15, 0.2) is 72.3 Å². The zero-order chi connectivity index (χ0) is 26.1. The van der Waals surface area contributed by atoms with Crippen LogP contribution in [0.25, 0.3) is 5.76 Å². The Bertz CT molecular complexity index is 1410. The molecule has 0 bridgehead atoms. The summed E-state index contributed by atoms with van der Waals surface area (Å²) in [6, 6.07) is 17.8. The third-order valence-electron chi connectivity index (χ3n) is 6.34. The molecule has 0 aromatic heterocycles. The number of amides is 1. The van der Waals surface area contributed by atoms with Crippen molar-refractivity contribution in [2.45, 2.75) is 26.3 Å². The number of esters is 1. The van der Waals surface area contributed by atoms with Gasteiger partial charge in [-0.05, 0) is 60.0 Å². The van der Waals surface area contributed by atoms with E-state index in [9.17, 15) is 19.5 Å². The van der Waals surface area contributed by atoms with Gasteiger partial charge in [-0.3, -0.25) is 19.3 Å². The van der Waals surface area contributed by atoms with Crippen molar-refractivity contribution >= 4 is 29.1 Å². The van der Waals surface area contributed by atoms with Crippen LogP contribution in [0.2, 0.25) is 0 Å². The van der Waals surface area contributed by atoms with E-state index in [0.717, 1.165) is 12.0 Å². The topological polar surface area (TPSA) is 102 Å². The molecule has 8 nitrogen and oxygen atoms in total. The molecular weight excluding hydrogens is 474 g/mol. The number of hydrogen-bond acceptors (Lipinski definition) is 7. The van der Waals surface area contributed by atoms with Gasteiger partial charge >= 0.3 is 5.97 Å². The fraction of sp³-hybridized carbons (Fsp3) is 0.207. The van der Waals surface area contributed by atoms with Crippen LogP contribution >= 0.6 is 0 Å². The fourth-order valence-corrected chi connectivity index (χ4v) is 4.54. The first-order chi connectivity index (χ1) is 17.9. The smallest absolute Gasteiger partial charge is 0.308 e. The number of Topliss-reactive ketones (excluding diaryl/α,β-unsaturated/α-hetero) is 1. The quantitative estimate of drug-likeness (QED) is 0.180. The molecule has 2 aliphatic heterocycles. The monoisotopic (exact) mass is 499 g/mol. The lowest BCUT2D eigenvalue weighted by Crippen LogP contribution is -2.29. The zero-order valence-electron chi connectivity index (χ0n) is 20.4. The van der Waals surface area contributed by atoms with Crippen LogP contribution in [-0.4, -0.2) is 36.0 Å². The van der Waals surface area contributed by atoms with E-state index in [1.165, 1.54) is 11.8 Å². The summed E-state index contributed by atoms with van der Waals surface area (Å²) in [4.78, 5) is 39.5. The highest BCUT2D eigenvalue weighted by Gasteiger charge is 2.47. The van der Waals surface area contributed by atoms with Gasteiger partial charge in [0.05, 0.1) is 11.6 Å². The van der Waals surface area contributed by atoms with E-state index >= 15 is 0 Å². The molecule has 3 aromatic rings. The lowest BCUT2D eigenvalue weighted by Gasteiger charge is -2.26. The highest BCUT2D eigenvalue weighted by Crippen LogP contribution is 2.43. The molecule has 1 saturated heterocycles. The van der Waals surface area contributed by atoms with Gasteiger partial charge in [-0.1, -0.05) is 31.2 Å². The van der Waals surface area contributed by atoms with Crippen molar-refractivity contribution in [1.29, 1.82) is 0 Å². The van der Waals surface area contributed by atoms with Gasteiger partial charge in [0, 0.05) is 18.2 Å². The molecule has 0 radical (unpaired) electrons. The first-order valence-corrected chi connectivity index (χ1v) is 12.0. The highest BCUT2D eigenvalue weighted by molar-refractivity contribution is 6.51. The number of nitrogens with zero attached hydrogens (tertiary/aromatic N) is 1. The standard InChI is InChI=1S/C29H25NO7/c1-3-18-4-9-21(10-5-18)30-26(19-6-11-22(12-7-19)37-17(2)31)25(28(33)29(30)34)27(32)20-8-13-23-24(16-20)36-15-14-35-23/h4-13,16,26,32H,3,14-15H2,1-2H3/b27-25-. The third-order valence-corrected chi connectivity index (χ3v) is 6.34. The van der Waals surface area contributed by atoms with Gasteiger partial charge < -0.3 is 19.3 Å². The minimum atomic E-state index is -0.910. The van der Waals surface area contributed by atoms with Crippen molar-refractivity contribution in [2.75, 3.05) is 18.1 Å². The minimum Gasteiger partial charge on any atom is -0.507 e. The number of aliphatic hydroxyl groups is 1. The molecule has 3 aromatic carbocycles. The van der Waals surface area contributed by atoms with E-state index in [4.69, 9.17) is 14.2 Å². The van der Waals surface area contributed by atoms with E-state index in [-0.39, 0.29) is 11.3 Å². The van der Waals surface area contributed by atoms with Gasteiger partial charge in [-0.2, -0.15) is 0 Å². The van der Waals surface area contributed by atoms with Gasteiger partial charge in [0.15, 0.2) is 11.5 Å². The van der Waals surface area contributed by atoms with Crippen LogP contribution in [0.1, 0.15) is 36.6 Å². The predicted octanol–water partition coefficient (Wildman–Crippen LogP) is 4.57. The molecule has 0 spiro atoms. The molecule has 1 unspecified atom stereocenters. The van der Waals surface area contributed by atoms with Crippen LogP contribution < -0.4 is 19.1 Å². The minimum absolute atomic E-state index is 0.0542. The summed E-state index contributed by atoms with van der Waals surface area (Å²) in [6.07, 6.45) is 0.824. The molecule has 37 heavy (non-hydrogen) atoms. The van der Waals surface area contributed by atoms with Crippen LogP contribution in [0, 0.1) is 0 Å². The van der Waals surface area contributed by atoms with Gasteiger partial charge in [-0.25, -0.2) is 0 Å². The number of aliphatic hydroxyl groups excluding tert-OH is 1. The zero-order valence-corrected chi connectivity index (χ0v) is 20.4. The van der Waals surface area contributed by atoms with Crippen LogP contribution in [0.3, 0.4) is 0 Å². The Morgan fingerprint density at radius 2 is 1.65 bits per heavy atom. The van der Waals surface area contributed by atoms with Crippen molar-refractivity contribution in [3.05, 3.63) is 89.0 Å².